The molecule has 0 bridgehead atoms. The van der Waals surface area contributed by atoms with Gasteiger partial charge in [-0.2, -0.15) is 0 Å². The predicted molar refractivity (Wildman–Crippen MR) is 116 cm³/mol. The number of Topliss-reactive ketones (excluding diaryl/α,β-unsaturated/α-hetero) is 1. The number of nitrogens with one attached hydrogen (secondary N) is 2. The van der Waals surface area contributed by atoms with Crippen LogP contribution in [0.25, 0.3) is 0 Å². The van der Waals surface area contributed by atoms with Gasteiger partial charge in [-0.05, 0) is 49.6 Å². The van der Waals surface area contributed by atoms with E-state index in [-0.39, 0.29) is 23.5 Å². The monoisotopic (exact) mass is 406 g/mol. The van der Waals surface area contributed by atoms with Gasteiger partial charge in [-0.15, -0.1) is 0 Å². The minimum atomic E-state index is -0.383. The molecule has 4 nitrogen and oxygen atoms in total. The summed E-state index contributed by atoms with van der Waals surface area (Å²) in [6, 6.07) is 15.1. The van der Waals surface area contributed by atoms with Crippen LogP contribution in [0, 0.1) is 12.8 Å². The fourth-order valence-corrected chi connectivity index (χ4v) is 4.37. The Hall–Kier alpha value is -2.85. The number of hydrogen-bond donors (Lipinski definition) is 2. The van der Waals surface area contributed by atoms with Gasteiger partial charge in [0.1, 0.15) is 5.78 Å². The molecule has 0 spiro atoms. The first-order valence-corrected chi connectivity index (χ1v) is 10.2. The number of allylic oxidation sites excluding steroid dienone is 3. The summed E-state index contributed by atoms with van der Waals surface area (Å²) in [5.41, 5.74) is 4.92. The van der Waals surface area contributed by atoms with Crippen molar-refractivity contribution in [3.8, 4) is 0 Å². The van der Waals surface area contributed by atoms with E-state index < -0.39 is 0 Å². The summed E-state index contributed by atoms with van der Waals surface area (Å²) in [6.45, 7) is 3.85. The van der Waals surface area contributed by atoms with Crippen LogP contribution in [0.4, 0.5) is 5.69 Å². The topological polar surface area (TPSA) is 58.2 Å². The van der Waals surface area contributed by atoms with Crippen LogP contribution in [-0.2, 0) is 9.59 Å². The maximum Gasteiger partial charge on any atom is 0.254 e. The maximum absolute atomic E-state index is 13.4. The number of hydrogen-bond acceptors (Lipinski definition) is 3. The molecular weight excluding hydrogens is 384 g/mol. The molecule has 1 aliphatic heterocycles. The van der Waals surface area contributed by atoms with Crippen molar-refractivity contribution < 1.29 is 9.59 Å². The third-order valence-electron chi connectivity index (χ3n) is 5.68. The first-order valence-electron chi connectivity index (χ1n) is 9.78. The number of halogens is 1. The minimum Gasteiger partial charge on any atom is -0.362 e. The maximum atomic E-state index is 13.4. The zero-order chi connectivity index (χ0) is 20.5. The van der Waals surface area contributed by atoms with Gasteiger partial charge in [-0.1, -0.05) is 48.0 Å². The molecule has 5 heteroatoms. The number of carbonyl (C=O) groups is 2. The van der Waals surface area contributed by atoms with E-state index in [2.05, 4.69) is 16.7 Å². The highest BCUT2D eigenvalue weighted by molar-refractivity contribution is 6.30. The van der Waals surface area contributed by atoms with Gasteiger partial charge in [0.15, 0.2) is 0 Å². The second kappa shape index (κ2) is 7.88. The molecule has 1 heterocycles. The van der Waals surface area contributed by atoms with Crippen molar-refractivity contribution in [1.82, 2.24) is 5.32 Å². The van der Waals surface area contributed by atoms with Gasteiger partial charge in [0.05, 0.1) is 5.92 Å². The number of rotatable bonds is 3. The average molecular weight is 407 g/mol. The van der Waals surface area contributed by atoms with E-state index in [1.165, 1.54) is 0 Å². The van der Waals surface area contributed by atoms with Crippen molar-refractivity contribution in [2.24, 2.45) is 5.92 Å². The summed E-state index contributed by atoms with van der Waals surface area (Å²) in [7, 11) is 0. The summed E-state index contributed by atoms with van der Waals surface area (Å²) >= 11 is 6.09. The molecule has 2 N–H and O–H groups in total. The van der Waals surface area contributed by atoms with Gasteiger partial charge >= 0.3 is 0 Å². The average Bonchev–Trinajstić information content (AvgIpc) is 2.69. The van der Waals surface area contributed by atoms with E-state index >= 15 is 0 Å². The van der Waals surface area contributed by atoms with Gasteiger partial charge < -0.3 is 10.6 Å². The lowest BCUT2D eigenvalue weighted by atomic mass is 9.71. The second-order valence-corrected chi connectivity index (χ2v) is 8.04. The van der Waals surface area contributed by atoms with Crippen LogP contribution in [0.5, 0.6) is 0 Å². The number of anilines is 1. The van der Waals surface area contributed by atoms with Crippen LogP contribution in [-0.4, -0.2) is 11.7 Å². The van der Waals surface area contributed by atoms with Gasteiger partial charge in [-0.25, -0.2) is 0 Å². The van der Waals surface area contributed by atoms with Gasteiger partial charge in [0, 0.05) is 40.0 Å². The summed E-state index contributed by atoms with van der Waals surface area (Å²) in [5, 5.41) is 6.99. The van der Waals surface area contributed by atoms with E-state index in [0.29, 0.717) is 17.0 Å². The molecule has 0 radical (unpaired) electrons. The molecule has 0 saturated heterocycles. The zero-order valence-corrected chi connectivity index (χ0v) is 17.2. The molecule has 2 atom stereocenters. The lowest BCUT2D eigenvalue weighted by molar-refractivity contribution is -0.122. The second-order valence-electron chi connectivity index (χ2n) is 7.60. The van der Waals surface area contributed by atoms with Crippen molar-refractivity contribution in [3.05, 3.63) is 87.7 Å². The number of para-hydroxylation sites is 1. The highest BCUT2D eigenvalue weighted by Crippen LogP contribution is 2.44. The number of carbonyl (C=O) groups excluding carboxylic acids is 2. The molecule has 2 aromatic carbocycles. The Balaban J connectivity index is 1.80. The third kappa shape index (κ3) is 3.73. The molecule has 1 aliphatic carbocycles. The Morgan fingerprint density at radius 1 is 1.07 bits per heavy atom. The third-order valence-corrected chi connectivity index (χ3v) is 5.94. The van der Waals surface area contributed by atoms with E-state index in [1.54, 1.807) is 0 Å². The lowest BCUT2D eigenvalue weighted by Crippen LogP contribution is -2.41. The van der Waals surface area contributed by atoms with Gasteiger partial charge in [0.25, 0.3) is 5.91 Å². The molecule has 148 valence electrons. The van der Waals surface area contributed by atoms with Crippen molar-refractivity contribution in [1.29, 1.82) is 0 Å². The van der Waals surface area contributed by atoms with Crippen LogP contribution in [0.15, 0.2) is 71.6 Å². The van der Waals surface area contributed by atoms with Crippen molar-refractivity contribution >= 4 is 29.0 Å². The summed E-state index contributed by atoms with van der Waals surface area (Å²) < 4.78 is 0. The number of benzene rings is 2. The van der Waals surface area contributed by atoms with Crippen molar-refractivity contribution in [2.75, 3.05) is 5.32 Å². The Kier molecular flexibility index (Phi) is 5.29. The normalized spacial score (nSPS) is 21.2. The molecule has 0 aromatic heterocycles. The van der Waals surface area contributed by atoms with Crippen LogP contribution in [0.3, 0.4) is 0 Å². The smallest absolute Gasteiger partial charge is 0.254 e. The van der Waals surface area contributed by atoms with Crippen LogP contribution >= 0.6 is 11.6 Å². The molecule has 2 aliphatic rings. The molecule has 1 amide bonds. The van der Waals surface area contributed by atoms with Gasteiger partial charge in [-0.3, -0.25) is 9.59 Å². The van der Waals surface area contributed by atoms with E-state index in [1.807, 2.05) is 62.4 Å². The first kappa shape index (κ1) is 19.5. The fraction of sp³-hybridized carbons (Fsp3) is 0.250. The zero-order valence-electron chi connectivity index (χ0n) is 16.5. The summed E-state index contributed by atoms with van der Waals surface area (Å²) in [5.74, 6) is -0.770. The number of aryl methyl sites for hydroxylation is 1. The molecule has 4 rings (SSSR count). The Morgan fingerprint density at radius 3 is 2.52 bits per heavy atom. The highest BCUT2D eigenvalue weighted by Gasteiger charge is 2.42. The Bertz CT molecular complexity index is 1040. The Morgan fingerprint density at radius 2 is 1.79 bits per heavy atom. The predicted octanol–water partition coefficient (Wildman–Crippen LogP) is 5.11. The highest BCUT2D eigenvalue weighted by atomic mass is 35.5. The lowest BCUT2D eigenvalue weighted by Gasteiger charge is -2.38. The van der Waals surface area contributed by atoms with E-state index in [9.17, 15) is 9.59 Å². The van der Waals surface area contributed by atoms with Crippen LogP contribution < -0.4 is 10.6 Å². The van der Waals surface area contributed by atoms with Crippen LogP contribution in [0.1, 0.15) is 36.8 Å². The molecule has 2 unspecified atom stereocenters. The summed E-state index contributed by atoms with van der Waals surface area (Å²) in [4.78, 5) is 26.3. The molecule has 0 fully saturated rings. The fourth-order valence-electron chi connectivity index (χ4n) is 4.25. The van der Waals surface area contributed by atoms with Gasteiger partial charge in [0.2, 0.25) is 0 Å². The van der Waals surface area contributed by atoms with E-state index in [4.69, 9.17) is 11.6 Å². The largest absolute Gasteiger partial charge is 0.362 e. The number of fused-ring (bicyclic) bond motifs is 1. The van der Waals surface area contributed by atoms with Crippen molar-refractivity contribution in [3.63, 3.8) is 0 Å². The standard InChI is InChI=1S/C24H23ClN2O2/c1-14-6-3-4-7-18(14)27-24(29)21-15(2)26-19-8-5-9-20(28)23(19)22(21)16-10-12-17(25)13-11-16/h3-4,6-8,10-13,22-23,26H,5,9H2,1-2H3,(H,27,29). The van der Waals surface area contributed by atoms with Crippen molar-refractivity contribution in [2.45, 2.75) is 32.6 Å². The SMILES string of the molecule is CC1=C(C(=O)Nc2ccccc2C)C(c2ccc(Cl)cc2)C2C(=O)CCC=C2N1. The first-order chi connectivity index (χ1) is 14.0. The number of amides is 1. The molecule has 29 heavy (non-hydrogen) atoms. The summed E-state index contributed by atoms with van der Waals surface area (Å²) in [6.07, 6.45) is 3.29. The quantitative estimate of drug-likeness (QED) is 0.744. The minimum absolute atomic E-state index is 0.156. The van der Waals surface area contributed by atoms with E-state index in [0.717, 1.165) is 34.6 Å². The molecule has 2 aromatic rings. The number of ketones is 1. The molecular formula is C24H23ClN2O2. The molecule has 0 saturated carbocycles. The van der Waals surface area contributed by atoms with Crippen LogP contribution in [0.2, 0.25) is 5.02 Å². The Labute approximate surface area is 175 Å².